The van der Waals surface area contributed by atoms with Gasteiger partial charge < -0.3 is 15.2 Å². The zero-order valence-corrected chi connectivity index (χ0v) is 9.98. The maximum absolute atomic E-state index is 9.44. The number of phenols is 1. The molecule has 0 aromatic heterocycles. The molecule has 3 rings (SSSR count). The van der Waals surface area contributed by atoms with E-state index in [1.54, 1.807) is 6.07 Å². The van der Waals surface area contributed by atoms with Gasteiger partial charge in [-0.05, 0) is 68.5 Å². The van der Waals surface area contributed by atoms with Crippen LogP contribution in [0.1, 0.15) is 24.8 Å². The average molecular weight is 233 g/mol. The number of fused-ring (bicyclic) bond motifs is 1. The zero-order valence-electron chi connectivity index (χ0n) is 9.98. The third-order valence-corrected chi connectivity index (χ3v) is 3.93. The molecule has 2 N–H and O–H groups in total. The molecule has 1 aromatic carbocycles. The number of aryl methyl sites for hydroxylation is 1. The van der Waals surface area contributed by atoms with Crippen LogP contribution in [-0.4, -0.2) is 24.3 Å². The molecule has 0 bridgehead atoms. The fourth-order valence-corrected chi connectivity index (χ4v) is 2.94. The van der Waals surface area contributed by atoms with Crippen molar-refractivity contribution in [3.05, 3.63) is 23.8 Å². The Hall–Kier alpha value is -1.22. The van der Waals surface area contributed by atoms with Gasteiger partial charge in [-0.25, -0.2) is 0 Å². The number of ether oxygens (including phenoxy) is 1. The molecule has 1 unspecified atom stereocenters. The summed E-state index contributed by atoms with van der Waals surface area (Å²) in [4.78, 5) is 0. The molecule has 1 atom stereocenters. The molecule has 17 heavy (non-hydrogen) atoms. The topological polar surface area (TPSA) is 41.5 Å². The molecule has 1 fully saturated rings. The summed E-state index contributed by atoms with van der Waals surface area (Å²) in [5.41, 5.74) is 1.15. The van der Waals surface area contributed by atoms with Crippen molar-refractivity contribution in [1.82, 2.24) is 5.32 Å². The summed E-state index contributed by atoms with van der Waals surface area (Å²) in [6.07, 6.45) is 4.92. The second-order valence-corrected chi connectivity index (χ2v) is 5.07. The Balaban J connectivity index is 1.73. The second-order valence-electron chi connectivity index (χ2n) is 5.07. The van der Waals surface area contributed by atoms with Crippen LogP contribution in [0.3, 0.4) is 0 Å². The number of rotatable bonds is 1. The lowest BCUT2D eigenvalue weighted by molar-refractivity contribution is 0.0917. The molecule has 0 aliphatic carbocycles. The third kappa shape index (κ3) is 2.25. The summed E-state index contributed by atoms with van der Waals surface area (Å²) < 4.78 is 6.09. The maximum Gasteiger partial charge on any atom is 0.123 e. The van der Waals surface area contributed by atoms with Crippen molar-refractivity contribution in [1.29, 1.82) is 0 Å². The van der Waals surface area contributed by atoms with Gasteiger partial charge in [0.2, 0.25) is 0 Å². The summed E-state index contributed by atoms with van der Waals surface area (Å²) in [5, 5.41) is 12.8. The Bertz CT molecular complexity index is 399. The van der Waals surface area contributed by atoms with E-state index in [1.165, 1.54) is 12.8 Å². The fraction of sp³-hybridized carbons (Fsp3) is 0.571. The smallest absolute Gasteiger partial charge is 0.123 e. The van der Waals surface area contributed by atoms with Gasteiger partial charge in [0, 0.05) is 0 Å². The first kappa shape index (κ1) is 10.9. The Morgan fingerprint density at radius 3 is 2.82 bits per heavy atom. The Morgan fingerprint density at radius 2 is 2.00 bits per heavy atom. The normalized spacial score (nSPS) is 25.1. The minimum Gasteiger partial charge on any atom is -0.508 e. The molecule has 1 aromatic rings. The molecule has 1 saturated heterocycles. The molecule has 3 heteroatoms. The predicted octanol–water partition coefficient (Wildman–Crippen LogP) is 2.09. The van der Waals surface area contributed by atoms with Gasteiger partial charge in [0.05, 0.1) is 0 Å². The van der Waals surface area contributed by atoms with E-state index in [0.717, 1.165) is 37.2 Å². The van der Waals surface area contributed by atoms with E-state index in [2.05, 4.69) is 5.32 Å². The summed E-state index contributed by atoms with van der Waals surface area (Å²) in [6.45, 7) is 2.24. The van der Waals surface area contributed by atoms with E-state index >= 15 is 0 Å². The van der Waals surface area contributed by atoms with E-state index in [9.17, 15) is 5.11 Å². The van der Waals surface area contributed by atoms with Crippen molar-refractivity contribution in [2.45, 2.75) is 31.8 Å². The van der Waals surface area contributed by atoms with Crippen molar-refractivity contribution in [3.63, 3.8) is 0 Å². The Kier molecular flexibility index (Phi) is 2.93. The largest absolute Gasteiger partial charge is 0.508 e. The van der Waals surface area contributed by atoms with E-state index in [1.807, 2.05) is 12.1 Å². The van der Waals surface area contributed by atoms with Gasteiger partial charge in [0.1, 0.15) is 17.6 Å². The first-order valence-corrected chi connectivity index (χ1v) is 6.52. The van der Waals surface area contributed by atoms with E-state index in [0.29, 0.717) is 17.8 Å². The Morgan fingerprint density at radius 1 is 1.18 bits per heavy atom. The molecule has 2 aliphatic rings. The zero-order chi connectivity index (χ0) is 11.7. The molecule has 2 aliphatic heterocycles. The van der Waals surface area contributed by atoms with Gasteiger partial charge in [-0.1, -0.05) is 0 Å². The maximum atomic E-state index is 9.44. The van der Waals surface area contributed by atoms with Crippen LogP contribution in [-0.2, 0) is 6.42 Å². The van der Waals surface area contributed by atoms with Crippen LogP contribution < -0.4 is 10.1 Å². The van der Waals surface area contributed by atoms with Gasteiger partial charge in [-0.15, -0.1) is 0 Å². The van der Waals surface area contributed by atoms with Crippen LogP contribution in [0, 0.1) is 5.92 Å². The Labute approximate surface area is 102 Å². The summed E-state index contributed by atoms with van der Waals surface area (Å²) in [6, 6.07) is 5.44. The number of benzene rings is 1. The van der Waals surface area contributed by atoms with Gasteiger partial charge in [-0.2, -0.15) is 0 Å². The van der Waals surface area contributed by atoms with Crippen molar-refractivity contribution in [2.75, 3.05) is 13.1 Å². The van der Waals surface area contributed by atoms with Crippen LogP contribution in [0.15, 0.2) is 18.2 Å². The molecule has 92 valence electrons. The highest BCUT2D eigenvalue weighted by Crippen LogP contribution is 2.34. The number of phenolic OH excluding ortho intramolecular Hbond substituents is 1. The standard InChI is InChI=1S/C14H19NO2/c16-12-2-4-14-11(9-12)1-3-13(17-14)10-5-7-15-8-6-10/h2,4,9-10,13,15-16H,1,3,5-8H2. The lowest BCUT2D eigenvalue weighted by Gasteiger charge is -2.34. The van der Waals surface area contributed by atoms with E-state index in [-0.39, 0.29) is 0 Å². The summed E-state index contributed by atoms with van der Waals surface area (Å²) in [5.74, 6) is 2.00. The van der Waals surface area contributed by atoms with Gasteiger partial charge in [0.25, 0.3) is 0 Å². The van der Waals surface area contributed by atoms with Gasteiger partial charge >= 0.3 is 0 Å². The van der Waals surface area contributed by atoms with E-state index < -0.39 is 0 Å². The number of piperidine rings is 1. The predicted molar refractivity (Wildman–Crippen MR) is 66.4 cm³/mol. The van der Waals surface area contributed by atoms with Crippen LogP contribution in [0.25, 0.3) is 0 Å². The monoisotopic (exact) mass is 233 g/mol. The first-order valence-electron chi connectivity index (χ1n) is 6.52. The van der Waals surface area contributed by atoms with Crippen LogP contribution in [0.5, 0.6) is 11.5 Å². The lowest BCUT2D eigenvalue weighted by atomic mass is 9.87. The summed E-state index contributed by atoms with van der Waals surface area (Å²) >= 11 is 0. The molecule has 0 saturated carbocycles. The number of hydrogen-bond acceptors (Lipinski definition) is 3. The van der Waals surface area contributed by atoms with Crippen molar-refractivity contribution in [3.8, 4) is 11.5 Å². The summed E-state index contributed by atoms with van der Waals surface area (Å²) in [7, 11) is 0. The van der Waals surface area contributed by atoms with Crippen LogP contribution in [0.2, 0.25) is 0 Å². The number of nitrogens with one attached hydrogen (secondary N) is 1. The van der Waals surface area contributed by atoms with Crippen LogP contribution >= 0.6 is 0 Å². The highest BCUT2D eigenvalue weighted by atomic mass is 16.5. The fourth-order valence-electron chi connectivity index (χ4n) is 2.94. The molecule has 3 nitrogen and oxygen atoms in total. The molecular formula is C14H19NO2. The highest BCUT2D eigenvalue weighted by molar-refractivity contribution is 5.41. The average Bonchev–Trinajstić information content (AvgIpc) is 2.39. The minimum absolute atomic E-state index is 0.340. The molecule has 0 amide bonds. The molecular weight excluding hydrogens is 214 g/mol. The van der Waals surface area contributed by atoms with Crippen LogP contribution in [0.4, 0.5) is 0 Å². The van der Waals surface area contributed by atoms with E-state index in [4.69, 9.17) is 4.74 Å². The first-order chi connectivity index (χ1) is 8.33. The number of hydrogen-bond donors (Lipinski definition) is 2. The number of aromatic hydroxyl groups is 1. The molecule has 0 spiro atoms. The highest BCUT2D eigenvalue weighted by Gasteiger charge is 2.28. The SMILES string of the molecule is Oc1ccc2c(c1)CCC(C1CCNCC1)O2. The molecule has 2 heterocycles. The van der Waals surface area contributed by atoms with Crippen molar-refractivity contribution >= 4 is 0 Å². The third-order valence-electron chi connectivity index (χ3n) is 3.93. The lowest BCUT2D eigenvalue weighted by Crippen LogP contribution is -2.38. The van der Waals surface area contributed by atoms with Gasteiger partial charge in [0.15, 0.2) is 0 Å². The van der Waals surface area contributed by atoms with Crippen molar-refractivity contribution in [2.24, 2.45) is 5.92 Å². The van der Waals surface area contributed by atoms with Gasteiger partial charge in [-0.3, -0.25) is 0 Å². The minimum atomic E-state index is 0.340. The molecule has 0 radical (unpaired) electrons. The quantitative estimate of drug-likeness (QED) is 0.780. The second kappa shape index (κ2) is 4.57. The van der Waals surface area contributed by atoms with Crippen molar-refractivity contribution < 1.29 is 9.84 Å².